The maximum absolute atomic E-state index is 5.12. The van der Waals surface area contributed by atoms with Crippen molar-refractivity contribution < 1.29 is 0 Å². The topological polar surface area (TPSA) is 43.1 Å². The number of aromatic nitrogens is 4. The second-order valence-corrected chi connectivity index (χ2v) is 9.66. The fourth-order valence-electron chi connectivity index (χ4n) is 6.56. The molecule has 0 atom stereocenters. The van der Waals surface area contributed by atoms with Gasteiger partial charge in [-0.2, -0.15) is 0 Å². The molecule has 9 rings (SSSR count). The van der Waals surface area contributed by atoms with E-state index in [4.69, 9.17) is 9.97 Å². The Hall–Kier alpha value is -4.57. The van der Waals surface area contributed by atoms with Gasteiger partial charge in [-0.1, -0.05) is 48.5 Å². The molecule has 3 aromatic carbocycles. The maximum Gasteiger partial charge on any atom is 0.165 e. The zero-order valence-electron chi connectivity index (χ0n) is 18.8. The molecule has 4 heterocycles. The van der Waals surface area contributed by atoms with E-state index in [0.717, 1.165) is 35.2 Å². The SMILES string of the molecule is c1ccc2c(c1)Cc1c-2ccc2c1Cc1ccc3c4ccncc4n4c5ncccc5nc4c3c1-2. The standard InChI is InChI=1S/C31H18N4/c1-2-5-19-17(4-1)14-24-20(19)9-10-23-25(24)15-18-7-8-22-21-11-13-32-16-27(21)35-30-26(6-3-12-33-30)34-31(35)29(22)28(18)23/h1-13,16H,14-15H2. The number of hydrogen-bond acceptors (Lipinski definition) is 3. The predicted molar refractivity (Wildman–Crippen MR) is 140 cm³/mol. The molecule has 162 valence electrons. The van der Waals surface area contributed by atoms with Gasteiger partial charge in [0.15, 0.2) is 5.65 Å². The molecule has 2 aliphatic rings. The van der Waals surface area contributed by atoms with Crippen molar-refractivity contribution in [3.63, 3.8) is 0 Å². The van der Waals surface area contributed by atoms with Crippen LogP contribution in [0.2, 0.25) is 0 Å². The minimum absolute atomic E-state index is 0.877. The fraction of sp³-hybridized carbons (Fsp3) is 0.0645. The Kier molecular flexibility index (Phi) is 3.11. The minimum Gasteiger partial charge on any atom is -0.274 e. The van der Waals surface area contributed by atoms with Gasteiger partial charge in [-0.15, -0.1) is 0 Å². The highest BCUT2D eigenvalue weighted by Crippen LogP contribution is 2.49. The fourth-order valence-corrected chi connectivity index (χ4v) is 6.56. The zero-order valence-corrected chi connectivity index (χ0v) is 18.8. The smallest absolute Gasteiger partial charge is 0.165 e. The van der Waals surface area contributed by atoms with Crippen LogP contribution in [0.1, 0.15) is 22.3 Å². The van der Waals surface area contributed by atoms with Gasteiger partial charge in [0.05, 0.1) is 11.7 Å². The van der Waals surface area contributed by atoms with Gasteiger partial charge in [0, 0.05) is 23.2 Å². The molecule has 35 heavy (non-hydrogen) atoms. The van der Waals surface area contributed by atoms with Crippen molar-refractivity contribution in [1.82, 2.24) is 19.4 Å². The first-order chi connectivity index (χ1) is 17.4. The summed E-state index contributed by atoms with van der Waals surface area (Å²) in [6, 6.07) is 24.2. The Morgan fingerprint density at radius 2 is 1.54 bits per heavy atom. The van der Waals surface area contributed by atoms with Gasteiger partial charge in [-0.25, -0.2) is 9.97 Å². The molecule has 0 unspecified atom stereocenters. The first-order valence-electron chi connectivity index (χ1n) is 12.0. The molecule has 0 N–H and O–H groups in total. The van der Waals surface area contributed by atoms with Crippen LogP contribution in [-0.4, -0.2) is 19.4 Å². The number of hydrogen-bond donors (Lipinski definition) is 0. The Morgan fingerprint density at radius 3 is 2.54 bits per heavy atom. The average Bonchev–Trinajstić information content (AvgIpc) is 3.59. The highest BCUT2D eigenvalue weighted by atomic mass is 15.1. The van der Waals surface area contributed by atoms with E-state index < -0.39 is 0 Å². The molecule has 2 aliphatic carbocycles. The van der Waals surface area contributed by atoms with Gasteiger partial charge in [-0.05, 0) is 80.9 Å². The van der Waals surface area contributed by atoms with E-state index in [-0.39, 0.29) is 0 Å². The van der Waals surface area contributed by atoms with E-state index >= 15 is 0 Å². The zero-order chi connectivity index (χ0) is 22.7. The van der Waals surface area contributed by atoms with Crippen molar-refractivity contribution in [2.45, 2.75) is 12.8 Å². The molecule has 0 fully saturated rings. The lowest BCUT2D eigenvalue weighted by Crippen LogP contribution is -1.95. The molecular weight excluding hydrogens is 428 g/mol. The van der Waals surface area contributed by atoms with Gasteiger partial charge < -0.3 is 0 Å². The molecule has 0 spiro atoms. The summed E-state index contributed by atoms with van der Waals surface area (Å²) < 4.78 is 2.20. The van der Waals surface area contributed by atoms with Crippen molar-refractivity contribution >= 4 is 38.5 Å². The molecular formula is C31H18N4. The van der Waals surface area contributed by atoms with Crippen molar-refractivity contribution in [2.75, 3.05) is 0 Å². The third kappa shape index (κ3) is 2.11. The normalized spacial score (nSPS) is 13.5. The summed E-state index contributed by atoms with van der Waals surface area (Å²) in [5.41, 5.74) is 15.0. The highest BCUT2D eigenvalue weighted by molar-refractivity contribution is 6.19. The first kappa shape index (κ1) is 17.8. The summed E-state index contributed by atoms with van der Waals surface area (Å²) in [4.78, 5) is 14.3. The van der Waals surface area contributed by atoms with Crippen LogP contribution >= 0.6 is 0 Å². The summed E-state index contributed by atoms with van der Waals surface area (Å²) in [6.07, 6.45) is 7.64. The Balaban J connectivity index is 1.45. The molecule has 0 radical (unpaired) electrons. The summed E-state index contributed by atoms with van der Waals surface area (Å²) >= 11 is 0. The summed E-state index contributed by atoms with van der Waals surface area (Å²) in [5.74, 6) is 0. The van der Waals surface area contributed by atoms with Crippen LogP contribution in [0, 0.1) is 0 Å². The maximum atomic E-state index is 5.12. The van der Waals surface area contributed by atoms with Crippen LogP contribution < -0.4 is 0 Å². The van der Waals surface area contributed by atoms with Crippen molar-refractivity contribution in [3.8, 4) is 22.3 Å². The molecule has 0 bridgehead atoms. The second-order valence-electron chi connectivity index (χ2n) is 9.66. The molecule has 4 nitrogen and oxygen atoms in total. The molecule has 7 aromatic rings. The van der Waals surface area contributed by atoms with Gasteiger partial charge in [0.25, 0.3) is 0 Å². The number of nitrogens with zero attached hydrogens (tertiary/aromatic N) is 4. The number of rotatable bonds is 0. The first-order valence-corrected chi connectivity index (χ1v) is 12.0. The van der Waals surface area contributed by atoms with Crippen LogP contribution in [0.15, 0.2) is 85.3 Å². The Bertz CT molecular complexity index is 2070. The molecule has 0 saturated heterocycles. The quantitative estimate of drug-likeness (QED) is 0.243. The lowest BCUT2D eigenvalue weighted by molar-refractivity contribution is 1.16. The van der Waals surface area contributed by atoms with Gasteiger partial charge in [0.2, 0.25) is 0 Å². The summed E-state index contributed by atoms with van der Waals surface area (Å²) in [6.45, 7) is 0. The van der Waals surface area contributed by atoms with Gasteiger partial charge in [-0.3, -0.25) is 9.38 Å². The second kappa shape index (κ2) is 6.10. The van der Waals surface area contributed by atoms with Crippen LogP contribution in [0.4, 0.5) is 0 Å². The van der Waals surface area contributed by atoms with Crippen molar-refractivity contribution in [2.24, 2.45) is 0 Å². The van der Waals surface area contributed by atoms with E-state index in [0.29, 0.717) is 0 Å². The monoisotopic (exact) mass is 446 g/mol. The van der Waals surface area contributed by atoms with E-state index in [1.807, 2.05) is 30.7 Å². The molecule has 0 saturated carbocycles. The minimum atomic E-state index is 0.877. The molecule has 0 aliphatic heterocycles. The lowest BCUT2D eigenvalue weighted by Gasteiger charge is -2.13. The van der Waals surface area contributed by atoms with Crippen LogP contribution in [0.3, 0.4) is 0 Å². The Labute approximate surface area is 200 Å². The van der Waals surface area contributed by atoms with Gasteiger partial charge >= 0.3 is 0 Å². The molecule has 0 amide bonds. The number of fused-ring (bicyclic) bond motifs is 16. The third-order valence-corrected chi connectivity index (χ3v) is 8.00. The average molecular weight is 447 g/mol. The van der Waals surface area contributed by atoms with E-state index in [1.165, 1.54) is 60.7 Å². The van der Waals surface area contributed by atoms with Crippen LogP contribution in [-0.2, 0) is 12.8 Å². The predicted octanol–water partition coefficient (Wildman–Crippen LogP) is 6.73. The lowest BCUT2D eigenvalue weighted by atomic mass is 9.94. The summed E-state index contributed by atoms with van der Waals surface area (Å²) in [5, 5.41) is 3.62. The van der Waals surface area contributed by atoms with Gasteiger partial charge in [0.1, 0.15) is 11.2 Å². The molecule has 4 heteroatoms. The Morgan fingerprint density at radius 1 is 0.657 bits per heavy atom. The van der Waals surface area contributed by atoms with E-state index in [2.05, 4.69) is 64.0 Å². The number of benzene rings is 3. The largest absolute Gasteiger partial charge is 0.274 e. The van der Waals surface area contributed by atoms with Crippen LogP contribution in [0.25, 0.3) is 60.7 Å². The third-order valence-electron chi connectivity index (χ3n) is 8.00. The number of pyridine rings is 3. The number of imidazole rings is 1. The van der Waals surface area contributed by atoms with Crippen LogP contribution in [0.5, 0.6) is 0 Å². The molecule has 4 aromatic heterocycles. The van der Waals surface area contributed by atoms with Crippen molar-refractivity contribution in [1.29, 1.82) is 0 Å². The van der Waals surface area contributed by atoms with E-state index in [1.54, 1.807) is 0 Å². The van der Waals surface area contributed by atoms with E-state index in [9.17, 15) is 0 Å². The highest BCUT2D eigenvalue weighted by Gasteiger charge is 2.30. The van der Waals surface area contributed by atoms with Crippen molar-refractivity contribution in [3.05, 3.63) is 108 Å². The summed E-state index contributed by atoms with van der Waals surface area (Å²) in [7, 11) is 0.